The molecule has 2 aliphatic carbocycles. The average molecular weight is 149 g/mol. The maximum absolute atomic E-state index is 10.4. The Labute approximate surface area is 67.5 Å². The fourth-order valence-corrected chi connectivity index (χ4v) is 2.39. The zero-order valence-corrected chi connectivity index (χ0v) is 6.62. The third-order valence-electron chi connectivity index (χ3n) is 2.89. The molecule has 2 rings (SSSR count). The SMILES string of the molecule is O=[C]C1CC2C=CCC(C1)C2. The van der Waals surface area contributed by atoms with Gasteiger partial charge in [0.05, 0.1) is 0 Å². The minimum atomic E-state index is 0.240. The molecule has 0 aromatic carbocycles. The molecule has 1 radical (unpaired) electrons. The van der Waals surface area contributed by atoms with Gasteiger partial charge in [-0.15, -0.1) is 0 Å². The number of allylic oxidation sites excluding steroid dienone is 2. The van der Waals surface area contributed by atoms with Gasteiger partial charge in [-0.3, -0.25) is 4.79 Å². The molecule has 1 fully saturated rings. The first-order valence-corrected chi connectivity index (χ1v) is 4.43. The second-order valence-corrected chi connectivity index (χ2v) is 3.81. The monoisotopic (exact) mass is 149 g/mol. The van der Waals surface area contributed by atoms with Gasteiger partial charge in [0.25, 0.3) is 0 Å². The van der Waals surface area contributed by atoms with E-state index in [1.807, 2.05) is 0 Å². The Morgan fingerprint density at radius 2 is 2.18 bits per heavy atom. The van der Waals surface area contributed by atoms with Crippen LogP contribution in [0.4, 0.5) is 0 Å². The van der Waals surface area contributed by atoms with E-state index in [2.05, 4.69) is 18.4 Å². The minimum Gasteiger partial charge on any atom is -0.291 e. The third-order valence-corrected chi connectivity index (χ3v) is 2.89. The molecule has 3 atom stereocenters. The van der Waals surface area contributed by atoms with Gasteiger partial charge in [0, 0.05) is 5.92 Å². The smallest absolute Gasteiger partial charge is 0.201 e. The number of fused-ring (bicyclic) bond motifs is 2. The van der Waals surface area contributed by atoms with Gasteiger partial charge in [-0.25, -0.2) is 0 Å². The van der Waals surface area contributed by atoms with Crippen LogP contribution >= 0.6 is 0 Å². The van der Waals surface area contributed by atoms with Crippen molar-refractivity contribution in [3.8, 4) is 0 Å². The molecule has 1 saturated carbocycles. The molecule has 2 aliphatic rings. The van der Waals surface area contributed by atoms with Crippen LogP contribution in [-0.4, -0.2) is 6.29 Å². The summed E-state index contributed by atoms with van der Waals surface area (Å²) < 4.78 is 0. The van der Waals surface area contributed by atoms with E-state index >= 15 is 0 Å². The second-order valence-electron chi connectivity index (χ2n) is 3.81. The lowest BCUT2D eigenvalue weighted by molar-refractivity contribution is 0.251. The van der Waals surface area contributed by atoms with Crippen molar-refractivity contribution in [2.75, 3.05) is 0 Å². The molecule has 1 nitrogen and oxygen atoms in total. The van der Waals surface area contributed by atoms with E-state index in [4.69, 9.17) is 0 Å². The van der Waals surface area contributed by atoms with Crippen LogP contribution in [0.2, 0.25) is 0 Å². The molecular formula is C10H13O. The topological polar surface area (TPSA) is 17.1 Å². The van der Waals surface area contributed by atoms with Gasteiger partial charge in [0.2, 0.25) is 6.29 Å². The summed E-state index contributed by atoms with van der Waals surface area (Å²) in [6.45, 7) is 0. The summed E-state index contributed by atoms with van der Waals surface area (Å²) in [4.78, 5) is 10.4. The Kier molecular flexibility index (Phi) is 1.80. The first-order chi connectivity index (χ1) is 5.38. The Morgan fingerprint density at radius 1 is 1.27 bits per heavy atom. The standard InChI is InChI=1S/C10H13O/c11-7-10-5-8-2-1-3-9(4-8)6-10/h1-2,8-10H,3-6H2. The van der Waals surface area contributed by atoms with Crippen molar-refractivity contribution in [3.63, 3.8) is 0 Å². The lowest BCUT2D eigenvalue weighted by Gasteiger charge is -2.33. The summed E-state index contributed by atoms with van der Waals surface area (Å²) >= 11 is 0. The van der Waals surface area contributed by atoms with Gasteiger partial charge in [0.1, 0.15) is 0 Å². The molecule has 59 valence electrons. The van der Waals surface area contributed by atoms with Crippen molar-refractivity contribution in [1.29, 1.82) is 0 Å². The van der Waals surface area contributed by atoms with Crippen LogP contribution in [0.25, 0.3) is 0 Å². The van der Waals surface area contributed by atoms with Crippen molar-refractivity contribution < 1.29 is 4.79 Å². The van der Waals surface area contributed by atoms with Crippen LogP contribution in [-0.2, 0) is 4.79 Å². The van der Waals surface area contributed by atoms with Gasteiger partial charge in [0.15, 0.2) is 0 Å². The van der Waals surface area contributed by atoms with Gasteiger partial charge in [-0.2, -0.15) is 0 Å². The lowest BCUT2D eigenvalue weighted by Crippen LogP contribution is -2.24. The van der Waals surface area contributed by atoms with E-state index < -0.39 is 0 Å². The van der Waals surface area contributed by atoms with Crippen LogP contribution in [0.5, 0.6) is 0 Å². The van der Waals surface area contributed by atoms with Crippen LogP contribution < -0.4 is 0 Å². The van der Waals surface area contributed by atoms with E-state index in [0.29, 0.717) is 5.92 Å². The molecule has 0 saturated heterocycles. The molecule has 0 N–H and O–H groups in total. The molecule has 3 unspecified atom stereocenters. The zero-order valence-electron chi connectivity index (χ0n) is 6.62. The van der Waals surface area contributed by atoms with Crippen molar-refractivity contribution >= 4 is 6.29 Å². The summed E-state index contributed by atoms with van der Waals surface area (Å²) in [5, 5.41) is 0. The van der Waals surface area contributed by atoms with Crippen molar-refractivity contribution in [1.82, 2.24) is 0 Å². The Balaban J connectivity index is 2.08. The van der Waals surface area contributed by atoms with Gasteiger partial charge < -0.3 is 0 Å². The van der Waals surface area contributed by atoms with Gasteiger partial charge in [-0.05, 0) is 37.5 Å². The predicted molar refractivity (Wildman–Crippen MR) is 43.8 cm³/mol. The highest BCUT2D eigenvalue weighted by Gasteiger charge is 2.29. The molecule has 0 amide bonds. The summed E-state index contributed by atoms with van der Waals surface area (Å²) in [6.07, 6.45) is 11.3. The molecule has 2 bridgehead atoms. The Morgan fingerprint density at radius 3 is 2.91 bits per heavy atom. The third kappa shape index (κ3) is 1.37. The number of carbonyl (C=O) groups excluding carboxylic acids is 1. The summed E-state index contributed by atoms with van der Waals surface area (Å²) in [5.41, 5.74) is 0. The van der Waals surface area contributed by atoms with Crippen molar-refractivity contribution in [2.45, 2.75) is 25.7 Å². The van der Waals surface area contributed by atoms with E-state index in [-0.39, 0.29) is 5.92 Å². The quantitative estimate of drug-likeness (QED) is 0.522. The van der Waals surface area contributed by atoms with Crippen LogP contribution in [0.15, 0.2) is 12.2 Å². The predicted octanol–water partition coefficient (Wildman–Crippen LogP) is 2.09. The van der Waals surface area contributed by atoms with Crippen LogP contribution in [0, 0.1) is 17.8 Å². The highest BCUT2D eigenvalue weighted by atomic mass is 16.1. The fraction of sp³-hybridized carbons (Fsp3) is 0.700. The molecule has 0 aliphatic heterocycles. The summed E-state index contributed by atoms with van der Waals surface area (Å²) in [7, 11) is 0. The Bertz CT molecular complexity index is 183. The number of rotatable bonds is 1. The second kappa shape index (κ2) is 2.80. The number of hydrogen-bond donors (Lipinski definition) is 0. The molecule has 0 aromatic rings. The zero-order chi connectivity index (χ0) is 7.68. The summed E-state index contributed by atoms with van der Waals surface area (Å²) in [5.74, 6) is 1.71. The van der Waals surface area contributed by atoms with E-state index in [0.717, 1.165) is 18.8 Å². The highest BCUT2D eigenvalue weighted by Crippen LogP contribution is 2.38. The van der Waals surface area contributed by atoms with E-state index in [9.17, 15) is 4.79 Å². The average Bonchev–Trinajstić information content (AvgIpc) is 2.03. The first kappa shape index (κ1) is 7.08. The van der Waals surface area contributed by atoms with Gasteiger partial charge in [-0.1, -0.05) is 12.2 Å². The van der Waals surface area contributed by atoms with Crippen molar-refractivity contribution in [3.05, 3.63) is 12.2 Å². The Hall–Kier alpha value is -0.590. The molecule has 11 heavy (non-hydrogen) atoms. The lowest BCUT2D eigenvalue weighted by atomic mass is 9.71. The normalized spacial score (nSPS) is 42.0. The molecule has 0 heterocycles. The van der Waals surface area contributed by atoms with E-state index in [1.54, 1.807) is 0 Å². The molecule has 1 heteroatoms. The molecule has 0 aromatic heterocycles. The maximum Gasteiger partial charge on any atom is 0.201 e. The van der Waals surface area contributed by atoms with Crippen molar-refractivity contribution in [2.24, 2.45) is 17.8 Å². The van der Waals surface area contributed by atoms with Crippen LogP contribution in [0.3, 0.4) is 0 Å². The van der Waals surface area contributed by atoms with Gasteiger partial charge >= 0.3 is 0 Å². The highest BCUT2D eigenvalue weighted by molar-refractivity contribution is 5.54. The number of hydrogen-bond acceptors (Lipinski definition) is 1. The fourth-order valence-electron chi connectivity index (χ4n) is 2.39. The van der Waals surface area contributed by atoms with E-state index in [1.165, 1.54) is 12.8 Å². The minimum absolute atomic E-state index is 0.240. The van der Waals surface area contributed by atoms with Crippen LogP contribution in [0.1, 0.15) is 25.7 Å². The molecule has 0 spiro atoms. The maximum atomic E-state index is 10.4. The summed E-state index contributed by atoms with van der Waals surface area (Å²) in [6, 6.07) is 0. The first-order valence-electron chi connectivity index (χ1n) is 4.43. The molecular weight excluding hydrogens is 136 g/mol. The largest absolute Gasteiger partial charge is 0.291 e.